The number of aliphatic carboxylic acids is 1. The predicted molar refractivity (Wildman–Crippen MR) is 46.4 cm³/mol. The summed E-state index contributed by atoms with van der Waals surface area (Å²) in [7, 11) is 0. The molecule has 0 radical (unpaired) electrons. The Kier molecular flexibility index (Phi) is 3.11. The van der Waals surface area contributed by atoms with Crippen LogP contribution < -0.4 is 10.6 Å². The van der Waals surface area contributed by atoms with Crippen LogP contribution in [-0.4, -0.2) is 29.7 Å². The van der Waals surface area contributed by atoms with Crippen LogP contribution in [0.4, 0.5) is 4.79 Å². The fraction of sp³-hybridized carbons (Fsp3) is 0.750. The second-order valence-corrected chi connectivity index (χ2v) is 3.36. The van der Waals surface area contributed by atoms with Gasteiger partial charge in [0.1, 0.15) is 6.04 Å². The molecule has 5 heteroatoms. The van der Waals surface area contributed by atoms with Crippen molar-refractivity contribution >= 4 is 12.0 Å². The van der Waals surface area contributed by atoms with Crippen LogP contribution in [0.2, 0.25) is 0 Å². The van der Waals surface area contributed by atoms with Crippen LogP contribution in [0, 0.1) is 5.92 Å². The first-order valence-electron chi connectivity index (χ1n) is 4.36. The second-order valence-electron chi connectivity index (χ2n) is 3.36. The summed E-state index contributed by atoms with van der Waals surface area (Å²) in [5, 5.41) is 13.4. The van der Waals surface area contributed by atoms with Crippen LogP contribution in [0.5, 0.6) is 0 Å². The van der Waals surface area contributed by atoms with Crippen molar-refractivity contribution in [1.82, 2.24) is 10.6 Å². The summed E-state index contributed by atoms with van der Waals surface area (Å²) < 4.78 is 0. The minimum atomic E-state index is -1.03. The topological polar surface area (TPSA) is 78.4 Å². The Morgan fingerprint density at radius 2 is 2.15 bits per heavy atom. The highest BCUT2D eigenvalue weighted by Gasteiger charge is 2.22. The largest absolute Gasteiger partial charge is 0.480 e. The third-order valence-electron chi connectivity index (χ3n) is 1.97. The highest BCUT2D eigenvalue weighted by Crippen LogP contribution is 2.27. The summed E-state index contributed by atoms with van der Waals surface area (Å²) in [4.78, 5) is 21.3. The summed E-state index contributed by atoms with van der Waals surface area (Å²) in [6.07, 6.45) is 2.32. The van der Waals surface area contributed by atoms with E-state index in [4.69, 9.17) is 5.11 Å². The quantitative estimate of drug-likeness (QED) is 0.585. The molecule has 0 heterocycles. The van der Waals surface area contributed by atoms with Crippen LogP contribution in [0.15, 0.2) is 0 Å². The molecule has 0 saturated heterocycles. The third-order valence-corrected chi connectivity index (χ3v) is 1.97. The van der Waals surface area contributed by atoms with Gasteiger partial charge in [0.2, 0.25) is 0 Å². The molecule has 1 saturated carbocycles. The molecule has 2 amide bonds. The number of carboxylic acids is 1. The minimum absolute atomic E-state index is 0.401. The van der Waals surface area contributed by atoms with E-state index in [-0.39, 0.29) is 0 Å². The summed E-state index contributed by atoms with van der Waals surface area (Å²) in [5.41, 5.74) is 0. The second kappa shape index (κ2) is 4.11. The molecule has 13 heavy (non-hydrogen) atoms. The molecule has 0 aromatic heterocycles. The third kappa shape index (κ3) is 3.78. The number of rotatable bonds is 4. The molecule has 5 nitrogen and oxygen atoms in total. The maximum Gasteiger partial charge on any atom is 0.325 e. The van der Waals surface area contributed by atoms with Crippen molar-refractivity contribution in [2.75, 3.05) is 6.54 Å². The molecule has 1 fully saturated rings. The lowest BCUT2D eigenvalue weighted by Crippen LogP contribution is -2.44. The van der Waals surface area contributed by atoms with E-state index in [0.29, 0.717) is 12.5 Å². The number of nitrogens with one attached hydrogen (secondary N) is 2. The molecule has 1 aliphatic rings. The molecular weight excluding hydrogens is 172 g/mol. The molecule has 0 bridgehead atoms. The maximum atomic E-state index is 11.0. The van der Waals surface area contributed by atoms with Gasteiger partial charge in [-0.1, -0.05) is 0 Å². The van der Waals surface area contributed by atoms with Crippen LogP contribution in [-0.2, 0) is 4.79 Å². The van der Waals surface area contributed by atoms with Crippen molar-refractivity contribution in [1.29, 1.82) is 0 Å². The lowest BCUT2D eigenvalue weighted by molar-refractivity contribution is -0.138. The Labute approximate surface area is 76.5 Å². The number of amides is 2. The van der Waals surface area contributed by atoms with Crippen LogP contribution >= 0.6 is 0 Å². The van der Waals surface area contributed by atoms with E-state index >= 15 is 0 Å². The lowest BCUT2D eigenvalue weighted by atomic mass is 10.3. The maximum absolute atomic E-state index is 11.0. The zero-order chi connectivity index (χ0) is 9.84. The molecule has 1 rings (SSSR count). The van der Waals surface area contributed by atoms with Gasteiger partial charge in [-0.05, 0) is 25.7 Å². The number of hydrogen-bond acceptors (Lipinski definition) is 2. The average molecular weight is 186 g/mol. The van der Waals surface area contributed by atoms with Crippen molar-refractivity contribution in [3.05, 3.63) is 0 Å². The highest BCUT2D eigenvalue weighted by molar-refractivity contribution is 5.82. The van der Waals surface area contributed by atoms with E-state index in [1.54, 1.807) is 0 Å². The van der Waals surface area contributed by atoms with Gasteiger partial charge in [-0.25, -0.2) is 4.79 Å². The molecular formula is C8H14N2O3. The van der Waals surface area contributed by atoms with Gasteiger partial charge in [0.05, 0.1) is 0 Å². The molecule has 74 valence electrons. The van der Waals surface area contributed by atoms with E-state index in [2.05, 4.69) is 10.6 Å². The molecule has 0 aromatic carbocycles. The molecule has 0 aromatic rings. The van der Waals surface area contributed by atoms with Crippen molar-refractivity contribution < 1.29 is 14.7 Å². The summed E-state index contributed by atoms with van der Waals surface area (Å²) in [6, 6.07) is -1.24. The summed E-state index contributed by atoms with van der Waals surface area (Å²) in [5.74, 6) is -0.424. The van der Waals surface area contributed by atoms with E-state index < -0.39 is 18.0 Å². The molecule has 0 spiro atoms. The monoisotopic (exact) mass is 186 g/mol. The van der Waals surface area contributed by atoms with E-state index in [1.165, 1.54) is 6.92 Å². The van der Waals surface area contributed by atoms with E-state index in [0.717, 1.165) is 12.8 Å². The zero-order valence-corrected chi connectivity index (χ0v) is 7.54. The van der Waals surface area contributed by atoms with Gasteiger partial charge in [0.15, 0.2) is 0 Å². The van der Waals surface area contributed by atoms with Crippen LogP contribution in [0.25, 0.3) is 0 Å². The molecule has 3 N–H and O–H groups in total. The number of carbonyl (C=O) groups excluding carboxylic acids is 1. The molecule has 0 unspecified atom stereocenters. The van der Waals surface area contributed by atoms with Crippen molar-refractivity contribution in [3.8, 4) is 0 Å². The molecule has 0 aliphatic heterocycles. The van der Waals surface area contributed by atoms with Crippen molar-refractivity contribution in [2.24, 2.45) is 5.92 Å². The van der Waals surface area contributed by atoms with Gasteiger partial charge in [-0.15, -0.1) is 0 Å². The fourth-order valence-corrected chi connectivity index (χ4v) is 0.868. The van der Waals surface area contributed by atoms with Crippen LogP contribution in [0.1, 0.15) is 19.8 Å². The average Bonchev–Trinajstić information content (AvgIpc) is 2.83. The van der Waals surface area contributed by atoms with Crippen molar-refractivity contribution in [3.63, 3.8) is 0 Å². The molecule has 1 aliphatic carbocycles. The van der Waals surface area contributed by atoms with Gasteiger partial charge in [0.25, 0.3) is 0 Å². The van der Waals surface area contributed by atoms with E-state index in [9.17, 15) is 9.59 Å². The Morgan fingerprint density at radius 3 is 2.62 bits per heavy atom. The normalized spacial score (nSPS) is 17.6. The Hall–Kier alpha value is -1.26. The Morgan fingerprint density at radius 1 is 1.54 bits per heavy atom. The fourth-order valence-electron chi connectivity index (χ4n) is 0.868. The lowest BCUT2D eigenvalue weighted by Gasteiger charge is -2.09. The van der Waals surface area contributed by atoms with Crippen molar-refractivity contribution in [2.45, 2.75) is 25.8 Å². The SMILES string of the molecule is C[C@@H](NC(=O)NCC1CC1)C(=O)O. The number of carboxylic acid groups (broad SMARTS) is 1. The smallest absolute Gasteiger partial charge is 0.325 e. The Bertz CT molecular complexity index is 213. The molecule has 1 atom stereocenters. The summed E-state index contributed by atoms with van der Waals surface area (Å²) in [6.45, 7) is 2.08. The van der Waals surface area contributed by atoms with Gasteiger partial charge >= 0.3 is 12.0 Å². The zero-order valence-electron chi connectivity index (χ0n) is 7.54. The number of hydrogen-bond donors (Lipinski definition) is 3. The van der Waals surface area contributed by atoms with Gasteiger partial charge in [0, 0.05) is 6.54 Å². The number of carbonyl (C=O) groups is 2. The Balaban J connectivity index is 2.11. The first-order chi connectivity index (χ1) is 6.09. The van der Waals surface area contributed by atoms with Gasteiger partial charge < -0.3 is 15.7 Å². The predicted octanol–water partition coefficient (Wildman–Crippen LogP) is 0.169. The minimum Gasteiger partial charge on any atom is -0.480 e. The highest BCUT2D eigenvalue weighted by atomic mass is 16.4. The standard InChI is InChI=1S/C8H14N2O3/c1-5(7(11)12)10-8(13)9-4-6-2-3-6/h5-6H,2-4H2,1H3,(H,11,12)(H2,9,10,13)/t5-/m1/s1. The number of urea groups is 1. The van der Waals surface area contributed by atoms with Crippen LogP contribution in [0.3, 0.4) is 0 Å². The van der Waals surface area contributed by atoms with E-state index in [1.807, 2.05) is 0 Å². The summed E-state index contributed by atoms with van der Waals surface area (Å²) >= 11 is 0. The van der Waals surface area contributed by atoms with Gasteiger partial charge in [-0.2, -0.15) is 0 Å². The van der Waals surface area contributed by atoms with Gasteiger partial charge in [-0.3, -0.25) is 4.79 Å². The first kappa shape index (κ1) is 9.83. The first-order valence-corrected chi connectivity index (χ1v) is 4.36.